The molecule has 0 bridgehead atoms. The number of nitrogens with one attached hydrogen (secondary N) is 4. The van der Waals surface area contributed by atoms with E-state index in [1.54, 1.807) is 41.8 Å². The van der Waals surface area contributed by atoms with Gasteiger partial charge < -0.3 is 25.7 Å². The first-order valence-corrected chi connectivity index (χ1v) is 15.2. The van der Waals surface area contributed by atoms with Crippen LogP contribution in [0.15, 0.2) is 59.5 Å². The Kier molecular flexibility index (Phi) is 8.16. The average Bonchev–Trinajstić information content (AvgIpc) is 3.45. The topological polar surface area (TPSA) is 125 Å². The molecule has 0 saturated carbocycles. The fourth-order valence-electron chi connectivity index (χ4n) is 5.45. The van der Waals surface area contributed by atoms with E-state index in [0.717, 1.165) is 41.7 Å². The summed E-state index contributed by atoms with van der Waals surface area (Å²) in [7, 11) is 0. The second-order valence-electron chi connectivity index (χ2n) is 10.7. The number of H-pyrrole nitrogens is 1. The van der Waals surface area contributed by atoms with Gasteiger partial charge in [0.25, 0.3) is 17.4 Å². The number of benzene rings is 2. The summed E-state index contributed by atoms with van der Waals surface area (Å²) in [6.45, 7) is 2.52. The summed E-state index contributed by atoms with van der Waals surface area (Å²) < 4.78 is 5.58. The average molecular weight is 584 g/mol. The van der Waals surface area contributed by atoms with E-state index in [9.17, 15) is 14.4 Å². The van der Waals surface area contributed by atoms with Crippen LogP contribution in [0.4, 0.5) is 22.9 Å². The van der Waals surface area contributed by atoms with Gasteiger partial charge in [-0.3, -0.25) is 14.4 Å². The molecular weight excluding hydrogens is 550 g/mol. The van der Waals surface area contributed by atoms with Crippen molar-refractivity contribution >= 4 is 46.0 Å². The van der Waals surface area contributed by atoms with E-state index in [1.807, 2.05) is 31.2 Å². The van der Waals surface area contributed by atoms with Crippen LogP contribution in [-0.4, -0.2) is 34.5 Å². The van der Waals surface area contributed by atoms with Crippen LogP contribution >= 0.6 is 11.3 Å². The Bertz CT molecular complexity index is 1660. The number of aryl methyl sites for hydroxylation is 2. The Balaban J connectivity index is 1.19. The van der Waals surface area contributed by atoms with E-state index in [-0.39, 0.29) is 23.2 Å². The minimum Gasteiger partial charge on any atom is -0.368 e. The summed E-state index contributed by atoms with van der Waals surface area (Å²) in [5, 5.41) is 9.05. The van der Waals surface area contributed by atoms with Gasteiger partial charge in [-0.05, 0) is 93.3 Å². The number of carbonyl (C=O) groups excluding carboxylic acids is 2. The highest BCUT2D eigenvalue weighted by Gasteiger charge is 2.22. The Morgan fingerprint density at radius 2 is 1.83 bits per heavy atom. The quantitative estimate of drug-likeness (QED) is 0.206. The molecule has 42 heavy (non-hydrogen) atoms. The maximum Gasteiger partial charge on any atom is 0.291 e. The molecule has 2 amide bonds. The molecule has 0 spiro atoms. The first kappa shape index (κ1) is 27.9. The van der Waals surface area contributed by atoms with Crippen molar-refractivity contribution in [3.63, 3.8) is 0 Å². The molecule has 216 valence electrons. The molecule has 1 unspecified atom stereocenters. The van der Waals surface area contributed by atoms with Crippen LogP contribution in [0, 0.1) is 6.92 Å². The van der Waals surface area contributed by atoms with Gasteiger partial charge >= 0.3 is 0 Å². The predicted molar refractivity (Wildman–Crippen MR) is 166 cm³/mol. The monoisotopic (exact) mass is 583 g/mol. The van der Waals surface area contributed by atoms with Crippen LogP contribution in [0.5, 0.6) is 0 Å². The lowest BCUT2D eigenvalue weighted by Crippen LogP contribution is -2.33. The van der Waals surface area contributed by atoms with Crippen molar-refractivity contribution in [2.75, 3.05) is 22.6 Å². The van der Waals surface area contributed by atoms with Gasteiger partial charge in [-0.15, -0.1) is 11.3 Å². The molecule has 6 rings (SSSR count). The number of carbonyl (C=O) groups is 2. The molecule has 1 saturated heterocycles. The van der Waals surface area contributed by atoms with Gasteiger partial charge in [0, 0.05) is 40.3 Å². The molecule has 4 aromatic rings. The van der Waals surface area contributed by atoms with E-state index in [1.165, 1.54) is 23.3 Å². The molecule has 4 N–H and O–H groups in total. The zero-order chi connectivity index (χ0) is 29.1. The number of ether oxygens (including phenoxy) is 1. The van der Waals surface area contributed by atoms with Gasteiger partial charge in [-0.25, -0.2) is 4.98 Å². The lowest BCUT2D eigenvalue weighted by Gasteiger charge is -2.21. The molecule has 2 aromatic carbocycles. The van der Waals surface area contributed by atoms with Crippen molar-refractivity contribution in [2.24, 2.45) is 0 Å². The maximum absolute atomic E-state index is 13.1. The van der Waals surface area contributed by atoms with Crippen LogP contribution < -0.4 is 21.5 Å². The zero-order valence-corrected chi connectivity index (χ0v) is 24.2. The third-order valence-electron chi connectivity index (χ3n) is 7.73. The van der Waals surface area contributed by atoms with Gasteiger partial charge in [-0.2, -0.15) is 0 Å². The lowest BCUT2D eigenvalue weighted by atomic mass is 9.99. The summed E-state index contributed by atoms with van der Waals surface area (Å²) in [5.74, 6) is -0.177. The SMILES string of the molecule is Cc1c(NC(=O)c2cc3c(s2)CCCC3)cccc1-c1c[nH]c(=O)c(Nc2cccc(NC(=O)C3CCCCO3)c2)n1. The van der Waals surface area contributed by atoms with Crippen molar-refractivity contribution in [3.05, 3.63) is 86.0 Å². The highest BCUT2D eigenvalue weighted by atomic mass is 32.1. The normalized spacial score (nSPS) is 16.4. The number of hydrogen-bond donors (Lipinski definition) is 4. The summed E-state index contributed by atoms with van der Waals surface area (Å²) in [6.07, 6.45) is 8.19. The van der Waals surface area contributed by atoms with Gasteiger partial charge in [0.05, 0.1) is 10.6 Å². The van der Waals surface area contributed by atoms with E-state index in [0.29, 0.717) is 35.8 Å². The van der Waals surface area contributed by atoms with E-state index < -0.39 is 6.10 Å². The van der Waals surface area contributed by atoms with E-state index >= 15 is 0 Å². The van der Waals surface area contributed by atoms with E-state index in [2.05, 4.69) is 25.9 Å². The molecule has 2 aliphatic rings. The molecule has 10 heteroatoms. The van der Waals surface area contributed by atoms with Crippen LogP contribution in [0.2, 0.25) is 0 Å². The van der Waals surface area contributed by atoms with Crippen molar-refractivity contribution in [1.82, 2.24) is 9.97 Å². The molecule has 3 heterocycles. The second-order valence-corrected chi connectivity index (χ2v) is 11.8. The number of anilines is 4. The molecule has 2 aromatic heterocycles. The van der Waals surface area contributed by atoms with Crippen LogP contribution in [0.1, 0.15) is 57.8 Å². The number of thiophene rings is 1. The van der Waals surface area contributed by atoms with Crippen LogP contribution in [-0.2, 0) is 22.4 Å². The van der Waals surface area contributed by atoms with Gasteiger partial charge in [0.2, 0.25) is 0 Å². The molecule has 1 aliphatic carbocycles. The summed E-state index contributed by atoms with van der Waals surface area (Å²) in [6, 6.07) is 14.8. The van der Waals surface area contributed by atoms with Gasteiger partial charge in [0.15, 0.2) is 5.82 Å². The minimum absolute atomic E-state index is 0.115. The number of aromatic amines is 1. The first-order valence-electron chi connectivity index (χ1n) is 14.4. The van der Waals surface area contributed by atoms with Crippen molar-refractivity contribution in [3.8, 4) is 11.3 Å². The zero-order valence-electron chi connectivity index (χ0n) is 23.4. The van der Waals surface area contributed by atoms with Crippen LogP contribution in [0.3, 0.4) is 0 Å². The van der Waals surface area contributed by atoms with Crippen molar-refractivity contribution in [1.29, 1.82) is 0 Å². The predicted octanol–water partition coefficient (Wildman–Crippen LogP) is 6.19. The number of hydrogen-bond acceptors (Lipinski definition) is 7. The Morgan fingerprint density at radius 3 is 2.67 bits per heavy atom. The number of amides is 2. The first-order chi connectivity index (χ1) is 20.4. The molecule has 9 nitrogen and oxygen atoms in total. The number of fused-ring (bicyclic) bond motifs is 1. The number of aromatic nitrogens is 2. The summed E-state index contributed by atoms with van der Waals surface area (Å²) >= 11 is 1.58. The highest BCUT2D eigenvalue weighted by Crippen LogP contribution is 2.32. The third-order valence-corrected chi connectivity index (χ3v) is 8.97. The molecule has 1 atom stereocenters. The smallest absolute Gasteiger partial charge is 0.291 e. The Morgan fingerprint density at radius 1 is 1.00 bits per heavy atom. The minimum atomic E-state index is -0.448. The number of rotatable bonds is 7. The maximum atomic E-state index is 13.1. The third kappa shape index (κ3) is 6.14. The Labute approximate surface area is 247 Å². The molecule has 1 aliphatic heterocycles. The van der Waals surface area contributed by atoms with Crippen molar-refractivity contribution < 1.29 is 14.3 Å². The molecular formula is C32H33N5O4S. The summed E-state index contributed by atoms with van der Waals surface area (Å²) in [4.78, 5) is 47.8. The number of nitrogens with zero attached hydrogens (tertiary/aromatic N) is 1. The largest absolute Gasteiger partial charge is 0.368 e. The van der Waals surface area contributed by atoms with E-state index in [4.69, 9.17) is 4.74 Å². The summed E-state index contributed by atoms with van der Waals surface area (Å²) in [5.41, 5.74) is 4.98. The standard InChI is InChI=1S/C32H33N5O4S/c1-19-23(11-7-12-24(19)37-31(39)28-16-20-8-2-3-14-27(20)42-28)25-18-33-32(40)29(36-25)34-21-9-6-10-22(17-21)35-30(38)26-13-4-5-15-41-26/h6-7,9-12,16-18,26H,2-5,8,13-15H2,1H3,(H,33,40)(H,34,36)(H,35,38)(H,37,39). The van der Waals surface area contributed by atoms with Gasteiger partial charge in [-0.1, -0.05) is 18.2 Å². The molecule has 1 fully saturated rings. The second kappa shape index (κ2) is 12.3. The molecule has 0 radical (unpaired) electrons. The Hall–Kier alpha value is -4.28. The van der Waals surface area contributed by atoms with Gasteiger partial charge in [0.1, 0.15) is 6.10 Å². The fourth-order valence-corrected chi connectivity index (χ4v) is 6.59. The lowest BCUT2D eigenvalue weighted by molar-refractivity contribution is -0.129. The fraction of sp³-hybridized carbons (Fsp3) is 0.312. The van der Waals surface area contributed by atoms with Crippen molar-refractivity contribution in [2.45, 2.75) is 58.0 Å². The highest BCUT2D eigenvalue weighted by molar-refractivity contribution is 7.14. The van der Waals surface area contributed by atoms with Crippen LogP contribution in [0.25, 0.3) is 11.3 Å².